The molecule has 0 amide bonds. The van der Waals surface area contributed by atoms with Gasteiger partial charge in [-0.15, -0.1) is 5.73 Å². The molecular formula is C26H31F2N3. The molecule has 0 saturated carbocycles. The summed E-state index contributed by atoms with van der Waals surface area (Å²) in [5.41, 5.74) is 5.80. The number of benzene rings is 2. The van der Waals surface area contributed by atoms with Crippen LogP contribution in [-0.2, 0) is 0 Å². The van der Waals surface area contributed by atoms with Crippen molar-refractivity contribution in [3.8, 4) is 11.1 Å². The van der Waals surface area contributed by atoms with Crippen molar-refractivity contribution in [1.82, 2.24) is 9.80 Å². The van der Waals surface area contributed by atoms with E-state index in [0.29, 0.717) is 22.9 Å². The third-order valence-electron chi connectivity index (χ3n) is 5.90. The van der Waals surface area contributed by atoms with E-state index in [2.05, 4.69) is 40.9 Å². The fourth-order valence-electron chi connectivity index (χ4n) is 4.08. The van der Waals surface area contributed by atoms with Crippen LogP contribution in [-0.4, -0.2) is 36.0 Å². The molecule has 1 aliphatic heterocycles. The lowest BCUT2D eigenvalue weighted by atomic mass is 10.0. The summed E-state index contributed by atoms with van der Waals surface area (Å²) in [6, 6.07) is 11.2. The first-order valence-electron chi connectivity index (χ1n) is 10.8. The molecule has 2 aromatic rings. The Morgan fingerprint density at radius 2 is 1.94 bits per heavy atom. The number of nitrogens with zero attached hydrogens (tertiary/aromatic N) is 2. The molecule has 1 fully saturated rings. The van der Waals surface area contributed by atoms with Crippen LogP contribution in [0.5, 0.6) is 0 Å². The molecule has 0 aromatic heterocycles. The maximum atomic E-state index is 14.7. The fraction of sp³-hybridized carbons (Fsp3) is 0.346. The van der Waals surface area contributed by atoms with Crippen molar-refractivity contribution >= 4 is 5.69 Å². The molecule has 1 aliphatic rings. The van der Waals surface area contributed by atoms with Gasteiger partial charge in [0.05, 0.1) is 11.5 Å². The standard InChI is InChI=1S/C26H31F2N3/c1-5-8-23(6-2)31-15-13-24(14-16-31)30(4)19(3)29-22-11-12-25(26(28)18-22)20-9-7-10-21(27)17-20/h7,9-12,17-18,24,29H,2-3,5,8,13-16H2,1,4H3. The Balaban J connectivity index is 1.60. The predicted octanol–water partition coefficient (Wildman–Crippen LogP) is 6.38. The van der Waals surface area contributed by atoms with Gasteiger partial charge in [0.1, 0.15) is 11.6 Å². The number of halogens is 2. The Labute approximate surface area is 184 Å². The van der Waals surface area contributed by atoms with Gasteiger partial charge in [-0.05, 0) is 55.2 Å². The second-order valence-electron chi connectivity index (χ2n) is 7.98. The summed E-state index contributed by atoms with van der Waals surface area (Å²) in [6.07, 6.45) is 4.13. The number of hydrogen-bond donors (Lipinski definition) is 1. The molecule has 0 atom stereocenters. The lowest BCUT2D eigenvalue weighted by molar-refractivity contribution is 0.173. The number of piperidine rings is 1. The van der Waals surface area contributed by atoms with Crippen LogP contribution >= 0.6 is 0 Å². The summed E-state index contributed by atoms with van der Waals surface area (Å²) in [5, 5.41) is 3.21. The van der Waals surface area contributed by atoms with Gasteiger partial charge in [0.2, 0.25) is 0 Å². The smallest absolute Gasteiger partial charge is 0.133 e. The van der Waals surface area contributed by atoms with Crippen molar-refractivity contribution in [2.75, 3.05) is 25.5 Å². The maximum Gasteiger partial charge on any atom is 0.133 e. The van der Waals surface area contributed by atoms with Gasteiger partial charge in [-0.2, -0.15) is 0 Å². The van der Waals surface area contributed by atoms with Gasteiger partial charge in [0.25, 0.3) is 0 Å². The van der Waals surface area contributed by atoms with Crippen molar-refractivity contribution in [2.45, 2.75) is 38.6 Å². The number of hydrogen-bond acceptors (Lipinski definition) is 3. The van der Waals surface area contributed by atoms with Crippen LogP contribution in [0.3, 0.4) is 0 Å². The highest BCUT2D eigenvalue weighted by Crippen LogP contribution is 2.27. The summed E-state index contributed by atoms with van der Waals surface area (Å²) in [4.78, 5) is 4.50. The third kappa shape index (κ3) is 5.56. The molecule has 1 N–H and O–H groups in total. The highest BCUT2D eigenvalue weighted by atomic mass is 19.1. The molecule has 0 bridgehead atoms. The first-order chi connectivity index (χ1) is 14.9. The highest BCUT2D eigenvalue weighted by Gasteiger charge is 2.24. The van der Waals surface area contributed by atoms with Gasteiger partial charge in [0.15, 0.2) is 0 Å². The molecule has 31 heavy (non-hydrogen) atoms. The zero-order chi connectivity index (χ0) is 22.4. The first kappa shape index (κ1) is 22.6. The minimum absolute atomic E-state index is 0.361. The highest BCUT2D eigenvalue weighted by molar-refractivity contribution is 5.67. The summed E-state index contributed by atoms with van der Waals surface area (Å²) in [7, 11) is 2.02. The molecular weight excluding hydrogens is 392 g/mol. The van der Waals surface area contributed by atoms with Gasteiger partial charge >= 0.3 is 0 Å². The summed E-state index contributed by atoms with van der Waals surface area (Å²) in [5.74, 6) is -0.0611. The van der Waals surface area contributed by atoms with Crippen LogP contribution in [0.1, 0.15) is 32.6 Å². The van der Waals surface area contributed by atoms with E-state index in [9.17, 15) is 8.78 Å². The predicted molar refractivity (Wildman–Crippen MR) is 124 cm³/mol. The lowest BCUT2D eigenvalue weighted by Gasteiger charge is -2.39. The Bertz CT molecular complexity index is 970. The number of nitrogens with one attached hydrogen (secondary N) is 1. The third-order valence-corrected chi connectivity index (χ3v) is 5.90. The van der Waals surface area contributed by atoms with Crippen molar-refractivity contribution in [3.05, 3.63) is 84.5 Å². The average molecular weight is 424 g/mol. The van der Waals surface area contributed by atoms with E-state index in [4.69, 9.17) is 0 Å². The second kappa shape index (κ2) is 10.3. The number of likely N-dealkylation sites (tertiary alicyclic amines) is 1. The van der Waals surface area contributed by atoms with E-state index in [-0.39, 0.29) is 5.82 Å². The molecule has 0 aliphatic carbocycles. The first-order valence-corrected chi connectivity index (χ1v) is 10.8. The molecule has 2 aromatic carbocycles. The zero-order valence-electron chi connectivity index (χ0n) is 18.4. The minimum Gasteiger partial charge on any atom is -0.368 e. The zero-order valence-corrected chi connectivity index (χ0v) is 18.4. The Kier molecular flexibility index (Phi) is 7.54. The van der Waals surface area contributed by atoms with E-state index in [1.165, 1.54) is 23.9 Å². The summed E-state index contributed by atoms with van der Waals surface area (Å²) < 4.78 is 28.1. The Hall–Kier alpha value is -3.04. The molecule has 164 valence electrons. The van der Waals surface area contributed by atoms with Crippen LogP contribution in [0.25, 0.3) is 11.1 Å². The molecule has 5 heteroatoms. The molecule has 0 radical (unpaired) electrons. The molecule has 1 heterocycles. The SMILES string of the molecule is C=C=C(CCC)N1CCC(N(C)C(=C)Nc2ccc(-c3cccc(F)c3)c(F)c2)CC1. The van der Waals surface area contributed by atoms with E-state index in [1.807, 2.05) is 7.05 Å². The normalized spacial score (nSPS) is 14.1. The molecule has 1 saturated heterocycles. The van der Waals surface area contributed by atoms with E-state index in [0.717, 1.165) is 44.6 Å². The van der Waals surface area contributed by atoms with Gasteiger partial charge in [0, 0.05) is 37.4 Å². The Morgan fingerprint density at radius 1 is 1.19 bits per heavy atom. The molecule has 3 rings (SSSR count). The monoisotopic (exact) mass is 423 g/mol. The average Bonchev–Trinajstić information content (AvgIpc) is 2.77. The van der Waals surface area contributed by atoms with Crippen molar-refractivity contribution < 1.29 is 8.78 Å². The van der Waals surface area contributed by atoms with Gasteiger partial charge in [-0.25, -0.2) is 8.78 Å². The van der Waals surface area contributed by atoms with Gasteiger partial charge in [-0.3, -0.25) is 0 Å². The Morgan fingerprint density at radius 3 is 2.55 bits per heavy atom. The lowest BCUT2D eigenvalue weighted by Crippen LogP contribution is -2.43. The van der Waals surface area contributed by atoms with E-state index in [1.54, 1.807) is 24.3 Å². The van der Waals surface area contributed by atoms with Gasteiger partial charge < -0.3 is 15.1 Å². The van der Waals surface area contributed by atoms with Crippen molar-refractivity contribution in [3.63, 3.8) is 0 Å². The van der Waals surface area contributed by atoms with E-state index < -0.39 is 5.82 Å². The minimum atomic E-state index is -0.404. The summed E-state index contributed by atoms with van der Waals surface area (Å²) >= 11 is 0. The van der Waals surface area contributed by atoms with Crippen LogP contribution in [0.15, 0.2) is 72.9 Å². The van der Waals surface area contributed by atoms with Gasteiger partial charge in [-0.1, -0.05) is 38.6 Å². The van der Waals surface area contributed by atoms with E-state index >= 15 is 0 Å². The fourth-order valence-corrected chi connectivity index (χ4v) is 4.08. The second-order valence-corrected chi connectivity index (χ2v) is 7.98. The van der Waals surface area contributed by atoms with Crippen LogP contribution in [0, 0.1) is 11.6 Å². The van der Waals surface area contributed by atoms with Crippen LogP contribution in [0.2, 0.25) is 0 Å². The largest absolute Gasteiger partial charge is 0.368 e. The van der Waals surface area contributed by atoms with Crippen LogP contribution in [0.4, 0.5) is 14.5 Å². The number of allylic oxidation sites excluding steroid dienone is 1. The quantitative estimate of drug-likeness (QED) is 0.497. The molecule has 3 nitrogen and oxygen atoms in total. The molecule has 0 unspecified atom stereocenters. The summed E-state index contributed by atoms with van der Waals surface area (Å²) in [6.45, 7) is 12.1. The number of rotatable bonds is 8. The number of anilines is 1. The maximum absolute atomic E-state index is 14.7. The topological polar surface area (TPSA) is 18.5 Å². The van der Waals surface area contributed by atoms with Crippen LogP contribution < -0.4 is 5.32 Å². The van der Waals surface area contributed by atoms with Crippen molar-refractivity contribution in [2.24, 2.45) is 0 Å². The van der Waals surface area contributed by atoms with Crippen molar-refractivity contribution in [1.29, 1.82) is 0 Å². The molecule has 0 spiro atoms.